The van der Waals surface area contributed by atoms with E-state index < -0.39 is 0 Å². The van der Waals surface area contributed by atoms with Crippen molar-refractivity contribution in [3.05, 3.63) is 28.8 Å². The Hall–Kier alpha value is -0.730. The second kappa shape index (κ2) is 3.14. The largest absolute Gasteiger partial charge is 0.376 e. The van der Waals surface area contributed by atoms with Crippen molar-refractivity contribution in [1.29, 1.82) is 0 Å². The smallest absolute Gasteiger partial charge is 0.0639 e. The highest BCUT2D eigenvalue weighted by molar-refractivity contribution is 6.33. The van der Waals surface area contributed by atoms with Gasteiger partial charge in [0.25, 0.3) is 0 Å². The fourth-order valence-electron chi connectivity index (χ4n) is 1.59. The minimum absolute atomic E-state index is 0.0741. The van der Waals surface area contributed by atoms with Crippen LogP contribution in [0.4, 0.5) is 5.69 Å². The molecule has 0 radical (unpaired) electrons. The van der Waals surface area contributed by atoms with Crippen molar-refractivity contribution >= 4 is 17.3 Å². The summed E-state index contributed by atoms with van der Waals surface area (Å²) >= 11 is 6.08. The number of hydrogen-bond acceptors (Lipinski definition) is 2. The average molecular weight is 211 g/mol. The first-order chi connectivity index (χ1) is 6.53. The van der Waals surface area contributed by atoms with E-state index in [0.29, 0.717) is 0 Å². The molecule has 0 saturated heterocycles. The third kappa shape index (κ3) is 1.60. The van der Waals surface area contributed by atoms with E-state index in [4.69, 9.17) is 17.3 Å². The van der Waals surface area contributed by atoms with Crippen molar-refractivity contribution in [3.8, 4) is 0 Å². The first-order valence-corrected chi connectivity index (χ1v) is 5.17. The van der Waals surface area contributed by atoms with Crippen LogP contribution in [-0.4, -0.2) is 14.1 Å². The van der Waals surface area contributed by atoms with Crippen LogP contribution < -0.4 is 10.6 Å². The van der Waals surface area contributed by atoms with E-state index in [1.165, 1.54) is 5.56 Å². The molecule has 2 rings (SSSR count). The Morgan fingerprint density at radius 1 is 1.36 bits per heavy atom. The summed E-state index contributed by atoms with van der Waals surface area (Å²) in [6, 6.07) is 6.05. The van der Waals surface area contributed by atoms with Gasteiger partial charge in [0.15, 0.2) is 0 Å². The maximum absolute atomic E-state index is 6.13. The molecule has 1 aliphatic rings. The molecule has 0 unspecified atom stereocenters. The third-order valence-corrected chi connectivity index (χ3v) is 3.11. The van der Waals surface area contributed by atoms with Gasteiger partial charge in [0.2, 0.25) is 0 Å². The molecular weight excluding hydrogens is 196 g/mol. The molecule has 0 heterocycles. The van der Waals surface area contributed by atoms with Crippen molar-refractivity contribution in [3.63, 3.8) is 0 Å². The summed E-state index contributed by atoms with van der Waals surface area (Å²) in [5.41, 5.74) is 8.29. The lowest BCUT2D eigenvalue weighted by atomic mass is 10.1. The van der Waals surface area contributed by atoms with Crippen molar-refractivity contribution in [2.45, 2.75) is 18.4 Å². The zero-order valence-electron chi connectivity index (χ0n) is 8.55. The van der Waals surface area contributed by atoms with E-state index in [1.807, 2.05) is 31.1 Å². The van der Waals surface area contributed by atoms with Gasteiger partial charge in [0.05, 0.1) is 10.7 Å². The predicted molar refractivity (Wildman–Crippen MR) is 60.9 cm³/mol. The van der Waals surface area contributed by atoms with Crippen LogP contribution in [0.3, 0.4) is 0 Å². The van der Waals surface area contributed by atoms with E-state index in [-0.39, 0.29) is 5.54 Å². The second-order valence-corrected chi connectivity index (χ2v) is 4.62. The van der Waals surface area contributed by atoms with Gasteiger partial charge in [-0.1, -0.05) is 17.7 Å². The van der Waals surface area contributed by atoms with Crippen LogP contribution in [0, 0.1) is 0 Å². The molecule has 0 bridgehead atoms. The van der Waals surface area contributed by atoms with Gasteiger partial charge >= 0.3 is 0 Å². The lowest BCUT2D eigenvalue weighted by molar-refractivity contribution is 0.740. The summed E-state index contributed by atoms with van der Waals surface area (Å²) < 4.78 is 0. The molecule has 3 heteroatoms. The molecule has 0 atom stereocenters. The number of halogens is 1. The molecule has 1 fully saturated rings. The van der Waals surface area contributed by atoms with Crippen molar-refractivity contribution < 1.29 is 0 Å². The monoisotopic (exact) mass is 210 g/mol. The van der Waals surface area contributed by atoms with Crippen LogP contribution >= 0.6 is 11.6 Å². The molecule has 1 saturated carbocycles. The molecule has 76 valence electrons. The summed E-state index contributed by atoms with van der Waals surface area (Å²) in [6.07, 6.45) is 2.17. The molecule has 2 nitrogen and oxygen atoms in total. The zero-order valence-corrected chi connectivity index (χ0v) is 9.30. The number of rotatable bonds is 2. The van der Waals surface area contributed by atoms with Gasteiger partial charge in [0.1, 0.15) is 0 Å². The zero-order chi connectivity index (χ0) is 10.3. The van der Waals surface area contributed by atoms with Crippen LogP contribution in [0.15, 0.2) is 18.2 Å². The van der Waals surface area contributed by atoms with E-state index in [2.05, 4.69) is 6.07 Å². The molecule has 0 spiro atoms. The Morgan fingerprint density at radius 3 is 2.50 bits per heavy atom. The van der Waals surface area contributed by atoms with Gasteiger partial charge in [-0.05, 0) is 30.5 Å². The quantitative estimate of drug-likeness (QED) is 0.812. The van der Waals surface area contributed by atoms with Crippen molar-refractivity contribution in [2.24, 2.45) is 5.73 Å². The van der Waals surface area contributed by atoms with Gasteiger partial charge in [0, 0.05) is 19.6 Å². The topological polar surface area (TPSA) is 29.3 Å². The molecule has 1 aliphatic carbocycles. The SMILES string of the molecule is CN(C)c1cc(C2(N)CC2)ccc1Cl. The predicted octanol–water partition coefficient (Wildman–Crippen LogP) is 2.35. The lowest BCUT2D eigenvalue weighted by Crippen LogP contribution is -2.19. The number of benzene rings is 1. The molecule has 14 heavy (non-hydrogen) atoms. The standard InChI is InChI=1S/C11H15ClN2/c1-14(2)10-7-8(3-4-9(10)12)11(13)5-6-11/h3-4,7H,5-6,13H2,1-2H3. The summed E-state index contributed by atoms with van der Waals surface area (Å²) in [5.74, 6) is 0. The Balaban J connectivity index is 2.41. The number of anilines is 1. The van der Waals surface area contributed by atoms with Crippen molar-refractivity contribution in [2.75, 3.05) is 19.0 Å². The van der Waals surface area contributed by atoms with Crippen LogP contribution in [0.1, 0.15) is 18.4 Å². The fourth-order valence-corrected chi connectivity index (χ4v) is 1.88. The Morgan fingerprint density at radius 2 is 2.00 bits per heavy atom. The van der Waals surface area contributed by atoms with Gasteiger partial charge in [-0.15, -0.1) is 0 Å². The summed E-state index contributed by atoms with van der Waals surface area (Å²) in [7, 11) is 3.97. The lowest BCUT2D eigenvalue weighted by Gasteiger charge is -2.17. The maximum atomic E-state index is 6.13. The number of nitrogens with zero attached hydrogens (tertiary/aromatic N) is 1. The highest BCUT2D eigenvalue weighted by atomic mass is 35.5. The maximum Gasteiger partial charge on any atom is 0.0639 e. The molecule has 1 aromatic rings. The summed E-state index contributed by atoms with van der Waals surface area (Å²) in [6.45, 7) is 0. The Bertz CT molecular complexity index is 356. The Labute approximate surface area is 89.7 Å². The van der Waals surface area contributed by atoms with Gasteiger partial charge in [-0.25, -0.2) is 0 Å². The number of hydrogen-bond donors (Lipinski definition) is 1. The summed E-state index contributed by atoms with van der Waals surface area (Å²) in [5, 5.41) is 0.781. The highest BCUT2D eigenvalue weighted by Gasteiger charge is 2.40. The normalized spacial score (nSPS) is 18.0. The minimum Gasteiger partial charge on any atom is -0.376 e. The molecule has 1 aromatic carbocycles. The molecule has 0 amide bonds. The van der Waals surface area contributed by atoms with Gasteiger partial charge in [-0.2, -0.15) is 0 Å². The minimum atomic E-state index is -0.0741. The molecule has 0 aliphatic heterocycles. The Kier molecular flexibility index (Phi) is 2.20. The van der Waals surface area contributed by atoms with Crippen LogP contribution in [0.2, 0.25) is 5.02 Å². The van der Waals surface area contributed by atoms with E-state index >= 15 is 0 Å². The van der Waals surface area contributed by atoms with Crippen LogP contribution in [0.5, 0.6) is 0 Å². The average Bonchev–Trinajstić information content (AvgIpc) is 2.85. The van der Waals surface area contributed by atoms with Gasteiger partial charge in [-0.3, -0.25) is 0 Å². The van der Waals surface area contributed by atoms with E-state index in [0.717, 1.165) is 23.6 Å². The van der Waals surface area contributed by atoms with Crippen LogP contribution in [0.25, 0.3) is 0 Å². The third-order valence-electron chi connectivity index (χ3n) is 2.79. The summed E-state index contributed by atoms with van der Waals surface area (Å²) in [4.78, 5) is 2.01. The highest BCUT2D eigenvalue weighted by Crippen LogP contribution is 2.44. The number of nitrogens with two attached hydrogens (primary N) is 1. The first kappa shape index (κ1) is 9.81. The fraction of sp³-hybridized carbons (Fsp3) is 0.455. The molecular formula is C11H15ClN2. The second-order valence-electron chi connectivity index (χ2n) is 4.22. The van der Waals surface area contributed by atoms with Gasteiger partial charge < -0.3 is 10.6 Å². The first-order valence-electron chi connectivity index (χ1n) is 4.79. The molecule has 2 N–H and O–H groups in total. The van der Waals surface area contributed by atoms with Crippen molar-refractivity contribution in [1.82, 2.24) is 0 Å². The van der Waals surface area contributed by atoms with E-state index in [1.54, 1.807) is 0 Å². The molecule has 0 aromatic heterocycles. The van der Waals surface area contributed by atoms with Crippen LogP contribution in [-0.2, 0) is 5.54 Å². The van der Waals surface area contributed by atoms with E-state index in [9.17, 15) is 0 Å².